The van der Waals surface area contributed by atoms with E-state index in [1.54, 1.807) is 0 Å². The Bertz CT molecular complexity index is 684. The number of benzene rings is 1. The van der Waals surface area contributed by atoms with Gasteiger partial charge in [-0.25, -0.2) is 0 Å². The number of alkyl halides is 1. The minimum Gasteiger partial charge on any atom is -0.309 e. The normalized spacial score (nSPS) is 37.1. The van der Waals surface area contributed by atoms with Gasteiger partial charge in [-0.2, -0.15) is 0 Å². The molecule has 3 nitrogen and oxygen atoms in total. The Labute approximate surface area is 184 Å². The molecule has 4 heteroatoms. The van der Waals surface area contributed by atoms with Crippen LogP contribution < -0.4 is 4.90 Å². The molecule has 2 aliphatic carbocycles. The van der Waals surface area contributed by atoms with Gasteiger partial charge in [-0.3, -0.25) is 9.69 Å². The number of carbonyl (C=O) groups is 1. The zero-order chi connectivity index (χ0) is 19.8. The van der Waals surface area contributed by atoms with Gasteiger partial charge < -0.3 is 4.90 Å². The molecule has 2 unspecified atom stereocenters. The van der Waals surface area contributed by atoms with Crippen LogP contribution in [0.1, 0.15) is 70.6 Å². The first-order chi connectivity index (χ1) is 14.2. The third-order valence-electron chi connectivity index (χ3n) is 8.31. The molecular formula is C25H35BrN2O. The summed E-state index contributed by atoms with van der Waals surface area (Å²) in [6, 6.07) is 12.9. The van der Waals surface area contributed by atoms with Gasteiger partial charge in [0, 0.05) is 29.9 Å². The molecule has 0 aromatic heterocycles. The average molecular weight is 459 g/mol. The first kappa shape index (κ1) is 20.1. The smallest absolute Gasteiger partial charge is 0.237 e. The lowest BCUT2D eigenvalue weighted by Crippen LogP contribution is -2.62. The Balaban J connectivity index is 1.36. The molecule has 4 bridgehead atoms. The van der Waals surface area contributed by atoms with E-state index in [1.165, 1.54) is 57.8 Å². The molecule has 0 spiro atoms. The zero-order valence-electron chi connectivity index (χ0n) is 17.5. The van der Waals surface area contributed by atoms with Crippen LogP contribution in [0.2, 0.25) is 0 Å². The van der Waals surface area contributed by atoms with Crippen molar-refractivity contribution in [3.8, 4) is 0 Å². The topological polar surface area (TPSA) is 23.6 Å². The minimum atomic E-state index is 0.208. The number of anilines is 1. The van der Waals surface area contributed by atoms with Gasteiger partial charge >= 0.3 is 0 Å². The average Bonchev–Trinajstić information content (AvgIpc) is 2.73. The summed E-state index contributed by atoms with van der Waals surface area (Å²) in [6.45, 7) is 0. The highest BCUT2D eigenvalue weighted by atomic mass is 79.9. The maximum absolute atomic E-state index is 12.9. The van der Waals surface area contributed by atoms with Gasteiger partial charge in [-0.05, 0) is 68.9 Å². The number of halogens is 1. The van der Waals surface area contributed by atoms with E-state index in [1.807, 2.05) is 6.07 Å². The maximum Gasteiger partial charge on any atom is 0.237 e. The SMILES string of the molecule is O=C(CBr)N(c1ccccc1)C1C[C@H]2CCC[C@@H](C1)N2C1C[C@H]2CCC[C@@H](C1)C2. The highest BCUT2D eigenvalue weighted by molar-refractivity contribution is 9.09. The van der Waals surface area contributed by atoms with Crippen LogP contribution in [0.25, 0.3) is 0 Å². The summed E-state index contributed by atoms with van der Waals surface area (Å²) in [5.74, 6) is 2.18. The molecule has 2 aliphatic heterocycles. The fraction of sp³-hybridized carbons (Fsp3) is 0.720. The summed E-state index contributed by atoms with van der Waals surface area (Å²) in [7, 11) is 0. The van der Waals surface area contributed by atoms with Crippen molar-refractivity contribution in [1.82, 2.24) is 4.90 Å². The summed E-state index contributed by atoms with van der Waals surface area (Å²) in [5, 5.41) is 0.406. The maximum atomic E-state index is 12.9. The van der Waals surface area contributed by atoms with Crippen LogP contribution >= 0.6 is 15.9 Å². The lowest BCUT2D eigenvalue weighted by atomic mass is 9.68. The van der Waals surface area contributed by atoms with Gasteiger partial charge in [0.05, 0.1) is 5.33 Å². The van der Waals surface area contributed by atoms with Gasteiger partial charge in [-0.15, -0.1) is 0 Å². The van der Waals surface area contributed by atoms with Gasteiger partial charge in [0.15, 0.2) is 0 Å². The van der Waals surface area contributed by atoms with E-state index in [9.17, 15) is 4.79 Å². The zero-order valence-corrected chi connectivity index (χ0v) is 19.1. The summed E-state index contributed by atoms with van der Waals surface area (Å²) >= 11 is 3.44. The number of piperidine rings is 2. The summed E-state index contributed by atoms with van der Waals surface area (Å²) in [6.07, 6.45) is 15.1. The molecule has 1 aromatic rings. The van der Waals surface area contributed by atoms with Crippen molar-refractivity contribution >= 4 is 27.5 Å². The van der Waals surface area contributed by atoms with Crippen molar-refractivity contribution in [1.29, 1.82) is 0 Å². The van der Waals surface area contributed by atoms with Crippen LogP contribution in [-0.2, 0) is 4.79 Å². The van der Waals surface area contributed by atoms with Crippen molar-refractivity contribution in [3.05, 3.63) is 30.3 Å². The molecule has 1 aromatic carbocycles. The van der Waals surface area contributed by atoms with Crippen molar-refractivity contribution in [3.63, 3.8) is 0 Å². The summed E-state index contributed by atoms with van der Waals surface area (Å²) in [4.78, 5) is 18.0. The first-order valence-corrected chi connectivity index (χ1v) is 13.1. The molecule has 1 amide bonds. The molecule has 0 N–H and O–H groups in total. The van der Waals surface area contributed by atoms with E-state index in [0.717, 1.165) is 36.4 Å². The molecule has 2 heterocycles. The Hall–Kier alpha value is -0.870. The third kappa shape index (κ3) is 4.04. The summed E-state index contributed by atoms with van der Waals surface area (Å²) < 4.78 is 0. The van der Waals surface area contributed by atoms with Crippen molar-refractivity contribution in [2.24, 2.45) is 11.8 Å². The summed E-state index contributed by atoms with van der Waals surface area (Å²) in [5.41, 5.74) is 1.07. The molecule has 4 fully saturated rings. The van der Waals surface area contributed by atoms with Crippen LogP contribution in [-0.4, -0.2) is 40.3 Å². The molecule has 2 saturated carbocycles. The highest BCUT2D eigenvalue weighted by Crippen LogP contribution is 2.46. The minimum absolute atomic E-state index is 0.208. The van der Waals surface area contributed by atoms with Gasteiger partial charge in [0.2, 0.25) is 5.91 Å². The number of rotatable bonds is 4. The molecule has 2 saturated heterocycles. The van der Waals surface area contributed by atoms with E-state index >= 15 is 0 Å². The fourth-order valence-corrected chi connectivity index (χ4v) is 7.62. The van der Waals surface area contributed by atoms with Crippen molar-refractivity contribution in [2.75, 3.05) is 10.2 Å². The Morgan fingerprint density at radius 1 is 0.862 bits per heavy atom. The molecule has 4 aliphatic rings. The van der Waals surface area contributed by atoms with Gasteiger partial charge in [-0.1, -0.05) is 59.8 Å². The molecule has 5 rings (SSSR count). The predicted octanol–water partition coefficient (Wildman–Crippen LogP) is 5.77. The second-order valence-corrected chi connectivity index (χ2v) is 10.6. The monoisotopic (exact) mass is 458 g/mol. The largest absolute Gasteiger partial charge is 0.309 e. The van der Waals surface area contributed by atoms with E-state index in [-0.39, 0.29) is 5.91 Å². The van der Waals surface area contributed by atoms with Gasteiger partial charge in [0.25, 0.3) is 0 Å². The highest BCUT2D eigenvalue weighted by Gasteiger charge is 2.46. The van der Waals surface area contributed by atoms with E-state index in [4.69, 9.17) is 0 Å². The second kappa shape index (κ2) is 8.70. The van der Waals surface area contributed by atoms with Crippen molar-refractivity contribution < 1.29 is 4.79 Å². The molecule has 29 heavy (non-hydrogen) atoms. The first-order valence-electron chi connectivity index (χ1n) is 11.9. The fourth-order valence-electron chi connectivity index (χ4n) is 7.35. The quantitative estimate of drug-likeness (QED) is 0.534. The Morgan fingerprint density at radius 3 is 2.10 bits per heavy atom. The number of carbonyl (C=O) groups excluding carboxylic acids is 1. The lowest BCUT2D eigenvalue weighted by Gasteiger charge is -2.56. The van der Waals surface area contributed by atoms with Crippen LogP contribution in [0.5, 0.6) is 0 Å². The molecular weight excluding hydrogens is 424 g/mol. The third-order valence-corrected chi connectivity index (χ3v) is 8.79. The number of hydrogen-bond donors (Lipinski definition) is 0. The number of hydrogen-bond acceptors (Lipinski definition) is 2. The molecule has 6 atom stereocenters. The Kier molecular flexibility index (Phi) is 6.02. The number of para-hydroxylation sites is 1. The van der Waals surface area contributed by atoms with Crippen LogP contribution in [0.15, 0.2) is 30.3 Å². The number of nitrogens with zero attached hydrogens (tertiary/aromatic N) is 2. The van der Waals surface area contributed by atoms with E-state index in [2.05, 4.69) is 50.0 Å². The second-order valence-electron chi connectivity index (χ2n) is 10.1. The van der Waals surface area contributed by atoms with Crippen LogP contribution in [0.4, 0.5) is 5.69 Å². The van der Waals surface area contributed by atoms with Crippen LogP contribution in [0, 0.1) is 11.8 Å². The Morgan fingerprint density at radius 2 is 1.48 bits per heavy atom. The van der Waals surface area contributed by atoms with E-state index < -0.39 is 0 Å². The van der Waals surface area contributed by atoms with Gasteiger partial charge in [0.1, 0.15) is 0 Å². The lowest BCUT2D eigenvalue weighted by molar-refractivity contribution is -0.117. The predicted molar refractivity (Wildman–Crippen MR) is 122 cm³/mol. The number of fused-ring (bicyclic) bond motifs is 4. The molecule has 0 radical (unpaired) electrons. The van der Waals surface area contributed by atoms with Crippen LogP contribution in [0.3, 0.4) is 0 Å². The number of amides is 1. The standard InChI is InChI=1S/C25H35BrN2O/c26-17-25(29)28(20-8-2-1-3-9-20)24-15-21-10-5-11-22(16-24)27(21)23-13-18-6-4-7-19(12-18)14-23/h1-3,8-9,18-19,21-24H,4-7,10-17H2/t18-,19+,21-,22+,23?,24?. The molecule has 158 valence electrons. The van der Waals surface area contributed by atoms with Crippen molar-refractivity contribution in [2.45, 2.75) is 94.8 Å². The van der Waals surface area contributed by atoms with E-state index in [0.29, 0.717) is 23.5 Å².